The molecule has 0 unspecified atom stereocenters. The van der Waals surface area contributed by atoms with Gasteiger partial charge in [0.25, 0.3) is 0 Å². The molecule has 2 aliphatic rings. The van der Waals surface area contributed by atoms with E-state index in [9.17, 15) is 0 Å². The lowest BCUT2D eigenvalue weighted by Crippen LogP contribution is -2.46. The summed E-state index contributed by atoms with van der Waals surface area (Å²) in [4.78, 5) is 0. The molecule has 0 aromatic rings. The van der Waals surface area contributed by atoms with E-state index in [1.165, 1.54) is 43.6 Å². The second-order valence-corrected chi connectivity index (χ2v) is 10.8. The Morgan fingerprint density at radius 2 is 1.55 bits per heavy atom. The van der Waals surface area contributed by atoms with E-state index in [0.717, 1.165) is 5.92 Å². The molecule has 20 heavy (non-hydrogen) atoms. The summed E-state index contributed by atoms with van der Waals surface area (Å²) in [5, 5.41) is 0. The Bertz CT molecular complexity index is 380. The lowest BCUT2D eigenvalue weighted by atomic mass is 9.72. The van der Waals surface area contributed by atoms with E-state index in [4.69, 9.17) is 0 Å². The van der Waals surface area contributed by atoms with Crippen LogP contribution in [-0.2, 0) is 0 Å². The molecule has 0 radical (unpaired) electrons. The summed E-state index contributed by atoms with van der Waals surface area (Å²) in [5.41, 5.74) is 0.704. The van der Waals surface area contributed by atoms with Gasteiger partial charge in [0.05, 0.1) is 9.49 Å². The van der Waals surface area contributed by atoms with Crippen molar-refractivity contribution in [2.75, 3.05) is 11.5 Å². The summed E-state index contributed by atoms with van der Waals surface area (Å²) in [6, 6.07) is 0. The van der Waals surface area contributed by atoms with Gasteiger partial charge in [-0.15, -0.1) is 29.4 Å². The molecule has 0 spiro atoms. The Kier molecular flexibility index (Phi) is 5.13. The highest BCUT2D eigenvalue weighted by molar-refractivity contribution is 8.18. The molecule has 2 rings (SSSR count). The minimum Gasteiger partial charge on any atom is -0.143 e. The fourth-order valence-corrected chi connectivity index (χ4v) is 7.70. The van der Waals surface area contributed by atoms with Gasteiger partial charge in [-0.1, -0.05) is 46.0 Å². The van der Waals surface area contributed by atoms with Crippen molar-refractivity contribution >= 4 is 23.5 Å². The van der Waals surface area contributed by atoms with Crippen LogP contribution < -0.4 is 0 Å². The third kappa shape index (κ3) is 3.20. The zero-order valence-corrected chi connectivity index (χ0v) is 15.5. The van der Waals surface area contributed by atoms with Crippen LogP contribution in [0.15, 0.2) is 0 Å². The van der Waals surface area contributed by atoms with Gasteiger partial charge in [0.2, 0.25) is 0 Å². The molecule has 0 nitrogen and oxygen atoms in total. The van der Waals surface area contributed by atoms with E-state index < -0.39 is 0 Å². The Morgan fingerprint density at radius 3 is 2.00 bits per heavy atom. The van der Waals surface area contributed by atoms with Gasteiger partial charge < -0.3 is 0 Å². The molecule has 2 fully saturated rings. The summed E-state index contributed by atoms with van der Waals surface area (Å²) < 4.78 is 0.304. The average Bonchev–Trinajstić information content (AvgIpc) is 2.39. The van der Waals surface area contributed by atoms with Gasteiger partial charge in [0.1, 0.15) is 0 Å². The van der Waals surface area contributed by atoms with Crippen molar-refractivity contribution in [3.05, 3.63) is 0 Å². The minimum absolute atomic E-state index is 0.262. The highest BCUT2D eigenvalue weighted by Gasteiger charge is 2.51. The average molecular weight is 311 g/mol. The molecule has 114 valence electrons. The number of hydrogen-bond donors (Lipinski definition) is 0. The second kappa shape index (κ2) is 6.17. The quantitative estimate of drug-likeness (QED) is 0.560. The van der Waals surface area contributed by atoms with Crippen LogP contribution in [-0.4, -0.2) is 15.6 Å². The van der Waals surface area contributed by atoms with Crippen molar-refractivity contribution in [2.45, 2.75) is 70.8 Å². The van der Waals surface area contributed by atoms with Crippen LogP contribution in [0.25, 0.3) is 0 Å². The third-order valence-electron chi connectivity index (χ3n) is 5.29. The monoisotopic (exact) mass is 310 g/mol. The SMILES string of the molecule is CC#CC1(C2(C)SCC(C(C)(C)C)CS2)CCCCC1. The Hall–Kier alpha value is 0.260. The topological polar surface area (TPSA) is 0 Å². The first-order chi connectivity index (χ1) is 9.33. The van der Waals surface area contributed by atoms with Crippen LogP contribution in [0.4, 0.5) is 0 Å². The normalized spacial score (nSPS) is 34.1. The van der Waals surface area contributed by atoms with Gasteiger partial charge in [0, 0.05) is 0 Å². The van der Waals surface area contributed by atoms with Gasteiger partial charge in [-0.25, -0.2) is 0 Å². The summed E-state index contributed by atoms with van der Waals surface area (Å²) in [6.07, 6.45) is 6.76. The van der Waals surface area contributed by atoms with Crippen LogP contribution in [0.2, 0.25) is 0 Å². The van der Waals surface area contributed by atoms with Crippen LogP contribution in [0.3, 0.4) is 0 Å². The molecule has 1 heterocycles. The number of hydrogen-bond acceptors (Lipinski definition) is 2. The van der Waals surface area contributed by atoms with E-state index in [0.29, 0.717) is 9.49 Å². The first-order valence-corrected chi connectivity index (χ1v) is 10.0. The highest BCUT2D eigenvalue weighted by Crippen LogP contribution is 2.60. The van der Waals surface area contributed by atoms with Gasteiger partial charge >= 0.3 is 0 Å². The summed E-state index contributed by atoms with van der Waals surface area (Å²) in [7, 11) is 0. The van der Waals surface area contributed by atoms with E-state index >= 15 is 0 Å². The third-order valence-corrected chi connectivity index (χ3v) is 9.01. The molecule has 0 amide bonds. The van der Waals surface area contributed by atoms with Crippen molar-refractivity contribution < 1.29 is 0 Å². The molecular weight excluding hydrogens is 280 g/mol. The molecule has 0 aromatic heterocycles. The summed E-state index contributed by atoms with van der Waals surface area (Å²) in [5.74, 6) is 10.4. The van der Waals surface area contributed by atoms with Crippen molar-refractivity contribution in [1.29, 1.82) is 0 Å². The zero-order valence-electron chi connectivity index (χ0n) is 13.8. The van der Waals surface area contributed by atoms with Crippen molar-refractivity contribution in [3.63, 3.8) is 0 Å². The molecular formula is C18H30S2. The Morgan fingerprint density at radius 1 is 1.00 bits per heavy atom. The maximum atomic E-state index is 3.67. The number of thioether (sulfide) groups is 2. The van der Waals surface area contributed by atoms with E-state index in [2.05, 4.69) is 63.1 Å². The molecule has 1 aliphatic heterocycles. The fourth-order valence-electron chi connectivity index (χ4n) is 3.47. The smallest absolute Gasteiger partial charge is 0.0747 e. The molecule has 0 atom stereocenters. The van der Waals surface area contributed by atoms with Gasteiger partial charge in [-0.2, -0.15) is 0 Å². The first-order valence-electron chi connectivity index (χ1n) is 8.05. The van der Waals surface area contributed by atoms with E-state index in [1.807, 2.05) is 6.92 Å². The molecule has 0 bridgehead atoms. The first kappa shape index (κ1) is 16.6. The summed E-state index contributed by atoms with van der Waals surface area (Å²) in [6.45, 7) is 11.7. The minimum atomic E-state index is 0.262. The lowest BCUT2D eigenvalue weighted by molar-refractivity contribution is 0.247. The van der Waals surface area contributed by atoms with Crippen molar-refractivity contribution in [1.82, 2.24) is 0 Å². The fraction of sp³-hybridized carbons (Fsp3) is 0.889. The molecule has 1 saturated carbocycles. The van der Waals surface area contributed by atoms with E-state index in [1.54, 1.807) is 0 Å². The molecule has 1 saturated heterocycles. The second-order valence-electron chi connectivity index (χ2n) is 7.65. The van der Waals surface area contributed by atoms with Crippen molar-refractivity contribution in [3.8, 4) is 11.8 Å². The maximum Gasteiger partial charge on any atom is 0.0747 e. The van der Waals surface area contributed by atoms with Crippen LogP contribution in [0, 0.1) is 28.6 Å². The molecule has 1 aliphatic carbocycles. The number of rotatable bonds is 1. The summed E-state index contributed by atoms with van der Waals surface area (Å²) >= 11 is 4.41. The van der Waals surface area contributed by atoms with E-state index in [-0.39, 0.29) is 5.41 Å². The predicted octanol–water partition coefficient (Wildman–Crippen LogP) is 5.82. The van der Waals surface area contributed by atoms with Gasteiger partial charge in [-0.05, 0) is 49.5 Å². The van der Waals surface area contributed by atoms with Gasteiger partial charge in [-0.3, -0.25) is 0 Å². The van der Waals surface area contributed by atoms with Crippen molar-refractivity contribution in [2.24, 2.45) is 16.7 Å². The molecule has 2 heteroatoms. The lowest BCUT2D eigenvalue weighted by Gasteiger charge is -2.51. The maximum absolute atomic E-state index is 3.67. The largest absolute Gasteiger partial charge is 0.143 e. The van der Waals surface area contributed by atoms with Crippen LogP contribution >= 0.6 is 23.5 Å². The highest BCUT2D eigenvalue weighted by atomic mass is 32.2. The predicted molar refractivity (Wildman–Crippen MR) is 95.2 cm³/mol. The molecule has 0 N–H and O–H groups in total. The van der Waals surface area contributed by atoms with Crippen LogP contribution in [0.1, 0.15) is 66.7 Å². The van der Waals surface area contributed by atoms with Gasteiger partial charge in [0.15, 0.2) is 0 Å². The zero-order chi connectivity index (χ0) is 14.9. The molecule has 0 aromatic carbocycles. The Labute approximate surface area is 134 Å². The standard InChI is InChI=1S/C18H30S2/c1-6-10-18(11-8-7-9-12-18)17(5)19-13-15(14-20-17)16(2,3)4/h15H,7-9,11-14H2,1-5H3. The van der Waals surface area contributed by atoms with Crippen LogP contribution in [0.5, 0.6) is 0 Å². The Balaban J connectivity index is 2.15.